The highest BCUT2D eigenvalue weighted by atomic mass is 79.9. The summed E-state index contributed by atoms with van der Waals surface area (Å²) in [6.07, 6.45) is 0. The molecule has 5 nitrogen and oxygen atoms in total. The summed E-state index contributed by atoms with van der Waals surface area (Å²) in [7, 11) is 0. The van der Waals surface area contributed by atoms with Crippen LogP contribution in [0.4, 0.5) is 5.69 Å². The summed E-state index contributed by atoms with van der Waals surface area (Å²) in [5, 5.41) is 11.1. The van der Waals surface area contributed by atoms with E-state index in [1.165, 1.54) is 29.5 Å². The SMILES string of the molecule is O=C(COc1ccc(Cl)cc1[N+](=O)[O-])c1ccc(Br)s1. The van der Waals surface area contributed by atoms with Gasteiger partial charge in [0, 0.05) is 11.1 Å². The summed E-state index contributed by atoms with van der Waals surface area (Å²) in [4.78, 5) is 22.6. The highest BCUT2D eigenvalue weighted by Gasteiger charge is 2.17. The molecule has 0 amide bonds. The van der Waals surface area contributed by atoms with Gasteiger partial charge in [-0.25, -0.2) is 0 Å². The zero-order valence-electron chi connectivity index (χ0n) is 9.84. The van der Waals surface area contributed by atoms with Gasteiger partial charge in [0.15, 0.2) is 12.4 Å². The van der Waals surface area contributed by atoms with E-state index in [4.69, 9.17) is 16.3 Å². The molecule has 1 heterocycles. The van der Waals surface area contributed by atoms with Crippen LogP contribution in [0.2, 0.25) is 5.02 Å². The van der Waals surface area contributed by atoms with Crippen LogP contribution < -0.4 is 4.74 Å². The van der Waals surface area contributed by atoms with Crippen molar-refractivity contribution in [1.82, 2.24) is 0 Å². The smallest absolute Gasteiger partial charge is 0.312 e. The van der Waals surface area contributed by atoms with Gasteiger partial charge in [-0.15, -0.1) is 11.3 Å². The van der Waals surface area contributed by atoms with E-state index in [0.717, 1.165) is 3.79 Å². The van der Waals surface area contributed by atoms with Crippen LogP contribution in [-0.4, -0.2) is 17.3 Å². The molecule has 0 aliphatic rings. The number of ether oxygens (including phenoxy) is 1. The standard InChI is InChI=1S/C12H7BrClNO4S/c13-12-4-3-11(20-12)9(16)6-19-10-2-1-7(14)5-8(10)15(17)18/h1-5H,6H2. The molecule has 0 radical (unpaired) electrons. The van der Waals surface area contributed by atoms with Gasteiger partial charge in [0.25, 0.3) is 0 Å². The Hall–Kier alpha value is -1.44. The first-order valence-corrected chi connectivity index (χ1v) is 7.31. The van der Waals surface area contributed by atoms with Crippen LogP contribution >= 0.6 is 38.9 Å². The molecule has 8 heteroatoms. The summed E-state index contributed by atoms with van der Waals surface area (Å²) in [5.74, 6) is -0.228. The van der Waals surface area contributed by atoms with Gasteiger partial charge in [-0.2, -0.15) is 0 Å². The van der Waals surface area contributed by atoms with Crippen LogP contribution in [0.3, 0.4) is 0 Å². The number of carbonyl (C=O) groups excluding carboxylic acids is 1. The minimum Gasteiger partial charge on any atom is -0.478 e. The van der Waals surface area contributed by atoms with Crippen LogP contribution in [0.25, 0.3) is 0 Å². The fraction of sp³-hybridized carbons (Fsp3) is 0.0833. The van der Waals surface area contributed by atoms with Crippen molar-refractivity contribution in [3.05, 3.63) is 54.1 Å². The number of rotatable bonds is 5. The van der Waals surface area contributed by atoms with Crippen molar-refractivity contribution in [2.75, 3.05) is 6.61 Å². The Morgan fingerprint density at radius 1 is 1.40 bits per heavy atom. The van der Waals surface area contributed by atoms with E-state index in [0.29, 0.717) is 4.88 Å². The molecule has 0 fully saturated rings. The number of carbonyl (C=O) groups is 1. The van der Waals surface area contributed by atoms with Crippen molar-refractivity contribution >= 4 is 50.3 Å². The normalized spacial score (nSPS) is 10.3. The summed E-state index contributed by atoms with van der Waals surface area (Å²) in [6, 6.07) is 7.44. The number of nitro groups is 1. The lowest BCUT2D eigenvalue weighted by Gasteiger charge is -2.05. The van der Waals surface area contributed by atoms with E-state index < -0.39 is 4.92 Å². The Morgan fingerprint density at radius 2 is 2.15 bits per heavy atom. The number of nitro benzene ring substituents is 1. The quantitative estimate of drug-likeness (QED) is 0.442. The van der Waals surface area contributed by atoms with E-state index in [2.05, 4.69) is 15.9 Å². The molecule has 0 spiro atoms. The maximum Gasteiger partial charge on any atom is 0.312 e. The molecule has 0 unspecified atom stereocenters. The number of thiophene rings is 1. The van der Waals surface area contributed by atoms with Crippen molar-refractivity contribution in [3.8, 4) is 5.75 Å². The molecule has 2 rings (SSSR count). The van der Waals surface area contributed by atoms with Gasteiger partial charge in [-0.3, -0.25) is 14.9 Å². The van der Waals surface area contributed by atoms with E-state index in [9.17, 15) is 14.9 Å². The second kappa shape index (κ2) is 6.34. The molecule has 0 N–H and O–H groups in total. The number of hydrogen-bond acceptors (Lipinski definition) is 5. The third-order valence-electron chi connectivity index (χ3n) is 2.32. The number of ketones is 1. The number of nitrogens with zero attached hydrogens (tertiary/aromatic N) is 1. The highest BCUT2D eigenvalue weighted by molar-refractivity contribution is 9.11. The van der Waals surface area contributed by atoms with Gasteiger partial charge < -0.3 is 4.74 Å². The Bertz CT molecular complexity index is 673. The zero-order chi connectivity index (χ0) is 14.7. The average molecular weight is 377 g/mol. The average Bonchev–Trinajstić information content (AvgIpc) is 2.83. The Balaban J connectivity index is 2.11. The van der Waals surface area contributed by atoms with Gasteiger partial charge in [-0.1, -0.05) is 11.6 Å². The van der Waals surface area contributed by atoms with Crippen molar-refractivity contribution in [1.29, 1.82) is 0 Å². The lowest BCUT2D eigenvalue weighted by molar-refractivity contribution is -0.385. The topological polar surface area (TPSA) is 69.4 Å². The molecular formula is C12H7BrClNO4S. The third-order valence-corrected chi connectivity index (χ3v) is 4.22. The first-order chi connectivity index (χ1) is 9.47. The molecule has 0 aliphatic heterocycles. The second-order valence-corrected chi connectivity index (χ2v) is 6.58. The molecule has 0 saturated heterocycles. The fourth-order valence-electron chi connectivity index (χ4n) is 1.43. The molecule has 1 aromatic heterocycles. The van der Waals surface area contributed by atoms with Crippen LogP contribution in [0.5, 0.6) is 5.75 Å². The Labute approximate surface area is 131 Å². The first kappa shape index (κ1) is 15.0. The number of hydrogen-bond donors (Lipinski definition) is 0. The summed E-state index contributed by atoms with van der Waals surface area (Å²) in [5.41, 5.74) is -0.266. The van der Waals surface area contributed by atoms with Crippen molar-refractivity contribution in [2.24, 2.45) is 0 Å². The van der Waals surface area contributed by atoms with Crippen molar-refractivity contribution < 1.29 is 14.5 Å². The third kappa shape index (κ3) is 3.56. The predicted octanol–water partition coefficient (Wildman–Crippen LogP) is 4.33. The van der Waals surface area contributed by atoms with Crippen LogP contribution in [0.1, 0.15) is 9.67 Å². The van der Waals surface area contributed by atoms with Gasteiger partial charge in [-0.05, 0) is 40.2 Å². The number of Topliss-reactive ketones (excluding diaryl/α,β-unsaturated/α-hetero) is 1. The van der Waals surface area contributed by atoms with Gasteiger partial charge >= 0.3 is 5.69 Å². The summed E-state index contributed by atoms with van der Waals surface area (Å²) < 4.78 is 6.05. The molecule has 1 aromatic carbocycles. The maximum absolute atomic E-state index is 11.8. The molecule has 0 atom stereocenters. The monoisotopic (exact) mass is 375 g/mol. The van der Waals surface area contributed by atoms with Gasteiger partial charge in [0.05, 0.1) is 13.6 Å². The van der Waals surface area contributed by atoms with E-state index >= 15 is 0 Å². The molecule has 0 bridgehead atoms. The molecule has 20 heavy (non-hydrogen) atoms. The van der Waals surface area contributed by atoms with E-state index in [1.807, 2.05) is 0 Å². The minimum atomic E-state index is -0.604. The lowest BCUT2D eigenvalue weighted by Crippen LogP contribution is -2.11. The van der Waals surface area contributed by atoms with E-state index in [-0.39, 0.29) is 28.8 Å². The highest BCUT2D eigenvalue weighted by Crippen LogP contribution is 2.30. The number of benzene rings is 1. The van der Waals surface area contributed by atoms with Gasteiger partial charge in [0.1, 0.15) is 0 Å². The maximum atomic E-state index is 11.8. The second-order valence-electron chi connectivity index (χ2n) is 3.68. The Morgan fingerprint density at radius 3 is 2.75 bits per heavy atom. The van der Waals surface area contributed by atoms with Gasteiger partial charge in [0.2, 0.25) is 5.78 Å². The molecule has 0 aliphatic carbocycles. The largest absolute Gasteiger partial charge is 0.478 e. The van der Waals surface area contributed by atoms with Crippen LogP contribution in [0, 0.1) is 10.1 Å². The molecular weight excluding hydrogens is 370 g/mol. The fourth-order valence-corrected chi connectivity index (χ4v) is 2.91. The van der Waals surface area contributed by atoms with Crippen molar-refractivity contribution in [3.63, 3.8) is 0 Å². The first-order valence-electron chi connectivity index (χ1n) is 5.32. The van der Waals surface area contributed by atoms with Crippen LogP contribution in [-0.2, 0) is 0 Å². The van der Waals surface area contributed by atoms with Crippen LogP contribution in [0.15, 0.2) is 34.1 Å². The van der Waals surface area contributed by atoms with E-state index in [1.54, 1.807) is 12.1 Å². The Kier molecular flexibility index (Phi) is 4.74. The molecule has 104 valence electrons. The predicted molar refractivity (Wildman–Crippen MR) is 80.0 cm³/mol. The van der Waals surface area contributed by atoms with Crippen molar-refractivity contribution in [2.45, 2.75) is 0 Å². The number of halogens is 2. The zero-order valence-corrected chi connectivity index (χ0v) is 13.0. The lowest BCUT2D eigenvalue weighted by atomic mass is 10.3. The summed E-state index contributed by atoms with van der Waals surface area (Å²) >= 11 is 10.2. The molecule has 0 saturated carbocycles. The summed E-state index contributed by atoms with van der Waals surface area (Å²) in [6.45, 7) is -0.268. The minimum absolute atomic E-state index is 0.0170. The molecule has 2 aromatic rings.